The summed E-state index contributed by atoms with van der Waals surface area (Å²) in [6.45, 7) is 3.80. The highest BCUT2D eigenvalue weighted by Crippen LogP contribution is 2.24. The molecular weight excluding hydrogens is 384 g/mol. The number of carbonyl (C=O) groups excluding carboxylic acids is 2. The second-order valence-corrected chi connectivity index (χ2v) is 7.53. The molecule has 1 saturated heterocycles. The smallest absolute Gasteiger partial charge is 0.338 e. The van der Waals surface area contributed by atoms with Gasteiger partial charge in [-0.05, 0) is 31.2 Å². The van der Waals surface area contributed by atoms with Gasteiger partial charge < -0.3 is 31.1 Å². The highest BCUT2D eigenvalue weighted by atomic mass is 32.2. The van der Waals surface area contributed by atoms with Crippen LogP contribution in [0.4, 0.5) is 11.4 Å². The summed E-state index contributed by atoms with van der Waals surface area (Å²) in [6.07, 6.45) is 0.904. The molecule has 0 spiro atoms. The fourth-order valence-electron chi connectivity index (χ4n) is 2.82. The highest BCUT2D eigenvalue weighted by Gasteiger charge is 2.26. The molecule has 1 aromatic carbocycles. The number of carboxylic acids is 1. The Morgan fingerprint density at radius 2 is 2.00 bits per heavy atom. The molecule has 1 aliphatic heterocycles. The number of primary amides is 1. The number of esters is 1. The van der Waals surface area contributed by atoms with Crippen LogP contribution in [0.1, 0.15) is 16.8 Å². The molecule has 0 radical (unpaired) electrons. The van der Waals surface area contributed by atoms with Crippen LogP contribution in [0.2, 0.25) is 0 Å². The molecule has 9 nitrogen and oxygen atoms in total. The number of carbonyl (C=O) groups is 3. The minimum Gasteiger partial charge on any atom is -0.478 e. The Hall–Kier alpha value is -2.46. The van der Waals surface area contributed by atoms with E-state index < -0.39 is 23.9 Å². The number of hydrogen-bond acceptors (Lipinski definition) is 8. The van der Waals surface area contributed by atoms with Crippen molar-refractivity contribution in [3.05, 3.63) is 23.8 Å². The maximum Gasteiger partial charge on any atom is 0.338 e. The minimum atomic E-state index is -1.42. The lowest BCUT2D eigenvalue weighted by Gasteiger charge is -2.26. The summed E-state index contributed by atoms with van der Waals surface area (Å²) in [4.78, 5) is 37.1. The SMILES string of the molecule is COC(=O)C(Nc1cc(C(=O)O)ccc1NCCCN1CCSCC1)C(N)=O. The normalized spacial score (nSPS) is 15.5. The second kappa shape index (κ2) is 10.8. The third-order valence-electron chi connectivity index (χ3n) is 4.36. The van der Waals surface area contributed by atoms with E-state index in [1.54, 1.807) is 6.07 Å². The van der Waals surface area contributed by atoms with E-state index in [-0.39, 0.29) is 5.56 Å². The molecule has 0 aliphatic carbocycles. The van der Waals surface area contributed by atoms with Crippen LogP contribution in [0, 0.1) is 0 Å². The first-order valence-electron chi connectivity index (χ1n) is 8.97. The molecule has 28 heavy (non-hydrogen) atoms. The summed E-state index contributed by atoms with van der Waals surface area (Å²) in [6, 6.07) is 2.99. The molecule has 1 amide bonds. The van der Waals surface area contributed by atoms with Gasteiger partial charge in [0.1, 0.15) is 0 Å². The number of carboxylic acid groups (broad SMARTS) is 1. The number of nitrogens with two attached hydrogens (primary N) is 1. The molecule has 1 aromatic rings. The van der Waals surface area contributed by atoms with Crippen molar-refractivity contribution < 1.29 is 24.2 Å². The Balaban J connectivity index is 2.06. The topological polar surface area (TPSA) is 134 Å². The molecule has 1 atom stereocenters. The summed E-state index contributed by atoms with van der Waals surface area (Å²) in [5.74, 6) is -0.574. The largest absolute Gasteiger partial charge is 0.478 e. The Morgan fingerprint density at radius 1 is 1.29 bits per heavy atom. The number of thioether (sulfide) groups is 1. The van der Waals surface area contributed by atoms with Crippen LogP contribution in [0.15, 0.2) is 18.2 Å². The number of methoxy groups -OCH3 is 1. The summed E-state index contributed by atoms with van der Waals surface area (Å²) in [5.41, 5.74) is 6.16. The fourth-order valence-corrected chi connectivity index (χ4v) is 3.80. The molecular formula is C18H26N4O5S. The molecule has 1 unspecified atom stereocenters. The number of aromatic carboxylic acids is 1. The van der Waals surface area contributed by atoms with E-state index in [1.807, 2.05) is 11.8 Å². The summed E-state index contributed by atoms with van der Waals surface area (Å²) >= 11 is 1.96. The molecule has 0 bridgehead atoms. The van der Waals surface area contributed by atoms with Crippen molar-refractivity contribution in [1.29, 1.82) is 0 Å². The van der Waals surface area contributed by atoms with Crippen molar-refractivity contribution in [2.75, 3.05) is 55.4 Å². The van der Waals surface area contributed by atoms with Crippen molar-refractivity contribution in [3.8, 4) is 0 Å². The number of amides is 1. The summed E-state index contributed by atoms with van der Waals surface area (Å²) < 4.78 is 4.58. The highest BCUT2D eigenvalue weighted by molar-refractivity contribution is 7.99. The lowest BCUT2D eigenvalue weighted by molar-refractivity contribution is -0.144. The minimum absolute atomic E-state index is 0.0203. The summed E-state index contributed by atoms with van der Waals surface area (Å²) in [5, 5.41) is 15.1. The van der Waals surface area contributed by atoms with Gasteiger partial charge in [0.15, 0.2) is 0 Å². The number of hydrogen-bond donors (Lipinski definition) is 4. The quantitative estimate of drug-likeness (QED) is 0.249. The maximum absolute atomic E-state index is 11.8. The molecule has 5 N–H and O–H groups in total. The average molecular weight is 410 g/mol. The number of nitrogens with one attached hydrogen (secondary N) is 2. The molecule has 0 saturated carbocycles. The van der Waals surface area contributed by atoms with Crippen LogP contribution in [0.3, 0.4) is 0 Å². The Kier molecular flexibility index (Phi) is 8.40. The first kappa shape index (κ1) is 21.8. The van der Waals surface area contributed by atoms with Gasteiger partial charge in [0.25, 0.3) is 5.91 Å². The third kappa shape index (κ3) is 6.31. The van der Waals surface area contributed by atoms with Crippen molar-refractivity contribution in [3.63, 3.8) is 0 Å². The van der Waals surface area contributed by atoms with Gasteiger partial charge in [-0.25, -0.2) is 9.59 Å². The predicted octanol–water partition coefficient (Wildman–Crippen LogP) is 0.674. The van der Waals surface area contributed by atoms with Crippen molar-refractivity contribution >= 4 is 41.0 Å². The molecule has 10 heteroatoms. The first-order chi connectivity index (χ1) is 13.4. The molecule has 1 heterocycles. The van der Waals surface area contributed by atoms with E-state index in [1.165, 1.54) is 12.1 Å². The zero-order valence-corrected chi connectivity index (χ0v) is 16.6. The predicted molar refractivity (Wildman–Crippen MR) is 109 cm³/mol. The molecule has 1 aliphatic rings. The Labute approximate surface area is 168 Å². The fraction of sp³-hybridized carbons (Fsp3) is 0.500. The first-order valence-corrected chi connectivity index (χ1v) is 10.1. The van der Waals surface area contributed by atoms with Gasteiger partial charge in [0.05, 0.1) is 24.0 Å². The number of benzene rings is 1. The van der Waals surface area contributed by atoms with E-state index in [4.69, 9.17) is 5.73 Å². The molecule has 2 rings (SSSR count). The van der Waals surface area contributed by atoms with Gasteiger partial charge in [-0.15, -0.1) is 0 Å². The molecule has 0 aromatic heterocycles. The van der Waals surface area contributed by atoms with Crippen LogP contribution in [0.5, 0.6) is 0 Å². The Bertz CT molecular complexity index is 709. The lowest BCUT2D eigenvalue weighted by atomic mass is 10.1. The zero-order valence-electron chi connectivity index (χ0n) is 15.8. The lowest BCUT2D eigenvalue weighted by Crippen LogP contribution is -2.43. The van der Waals surface area contributed by atoms with Crippen LogP contribution in [0.25, 0.3) is 0 Å². The Morgan fingerprint density at radius 3 is 2.61 bits per heavy atom. The van der Waals surface area contributed by atoms with E-state index in [0.29, 0.717) is 17.9 Å². The van der Waals surface area contributed by atoms with Crippen LogP contribution in [-0.4, -0.2) is 78.7 Å². The van der Waals surface area contributed by atoms with Gasteiger partial charge in [0.2, 0.25) is 6.04 Å². The van der Waals surface area contributed by atoms with Crippen molar-refractivity contribution in [2.24, 2.45) is 5.73 Å². The third-order valence-corrected chi connectivity index (χ3v) is 5.30. The van der Waals surface area contributed by atoms with Gasteiger partial charge in [-0.1, -0.05) is 0 Å². The van der Waals surface area contributed by atoms with Crippen LogP contribution < -0.4 is 16.4 Å². The molecule has 1 fully saturated rings. The van der Waals surface area contributed by atoms with Crippen LogP contribution >= 0.6 is 11.8 Å². The summed E-state index contributed by atoms with van der Waals surface area (Å²) in [7, 11) is 1.14. The second-order valence-electron chi connectivity index (χ2n) is 6.30. The number of anilines is 2. The standard InChI is InChI=1S/C18H26N4O5S/c1-27-18(26)15(16(19)23)21-14-11-12(17(24)25)3-4-13(14)20-5-2-6-22-7-9-28-10-8-22/h3-4,11,15,20-21H,2,5-10H2,1H3,(H2,19,23)(H,24,25). The maximum atomic E-state index is 11.8. The molecule has 154 valence electrons. The van der Waals surface area contributed by atoms with Crippen molar-refractivity contribution in [1.82, 2.24) is 4.90 Å². The van der Waals surface area contributed by atoms with Gasteiger partial charge in [-0.3, -0.25) is 4.79 Å². The number of nitrogens with zero attached hydrogens (tertiary/aromatic N) is 1. The number of ether oxygens (including phenoxy) is 1. The van der Waals surface area contributed by atoms with Crippen LogP contribution in [-0.2, 0) is 14.3 Å². The van der Waals surface area contributed by atoms with Gasteiger partial charge in [-0.2, -0.15) is 11.8 Å². The number of rotatable bonds is 10. The zero-order chi connectivity index (χ0) is 20.5. The monoisotopic (exact) mass is 410 g/mol. The van der Waals surface area contributed by atoms with Crippen molar-refractivity contribution in [2.45, 2.75) is 12.5 Å². The van der Waals surface area contributed by atoms with Gasteiger partial charge >= 0.3 is 11.9 Å². The average Bonchev–Trinajstić information content (AvgIpc) is 2.69. The van der Waals surface area contributed by atoms with E-state index in [2.05, 4.69) is 20.3 Å². The van der Waals surface area contributed by atoms with E-state index in [0.717, 1.165) is 44.7 Å². The van der Waals surface area contributed by atoms with E-state index in [9.17, 15) is 19.5 Å². The van der Waals surface area contributed by atoms with E-state index >= 15 is 0 Å². The van der Waals surface area contributed by atoms with Gasteiger partial charge in [0, 0.05) is 31.1 Å².